The molecule has 2 atom stereocenters. The maximum absolute atomic E-state index is 12.0. The highest BCUT2D eigenvalue weighted by Gasteiger charge is 2.39. The van der Waals surface area contributed by atoms with Crippen LogP contribution in [0.3, 0.4) is 0 Å². The van der Waals surface area contributed by atoms with Crippen LogP contribution in [0.5, 0.6) is 0 Å². The van der Waals surface area contributed by atoms with E-state index in [1.54, 1.807) is 12.1 Å². The van der Waals surface area contributed by atoms with Gasteiger partial charge in [0.05, 0.1) is 4.90 Å². The fourth-order valence-electron chi connectivity index (χ4n) is 2.01. The number of alkyl halides is 2. The van der Waals surface area contributed by atoms with E-state index in [2.05, 4.69) is 0 Å². The summed E-state index contributed by atoms with van der Waals surface area (Å²) in [4.78, 5) is 13.7. The number of halogens is 2. The van der Waals surface area contributed by atoms with E-state index in [1.165, 1.54) is 17.0 Å². The standard InChI is InChI=1S/C12H13Cl2NO3S/c1-19(17,18)10-4-2-3-9(5-10)15-7-8(6-13)11(14)12(15)16/h2-5,8,11H,6-7H2,1H3. The number of anilines is 1. The number of rotatable bonds is 3. The normalized spacial score (nSPS) is 23.9. The van der Waals surface area contributed by atoms with Crippen LogP contribution >= 0.6 is 23.2 Å². The summed E-state index contributed by atoms with van der Waals surface area (Å²) in [5, 5.41) is -0.653. The van der Waals surface area contributed by atoms with Gasteiger partial charge >= 0.3 is 0 Å². The summed E-state index contributed by atoms with van der Waals surface area (Å²) in [6.45, 7) is 0.406. The molecule has 1 heterocycles. The molecule has 0 radical (unpaired) electrons. The molecule has 1 aromatic carbocycles. The van der Waals surface area contributed by atoms with Gasteiger partial charge in [0.15, 0.2) is 9.84 Å². The van der Waals surface area contributed by atoms with E-state index in [1.807, 2.05) is 0 Å². The van der Waals surface area contributed by atoms with Crippen LogP contribution < -0.4 is 4.90 Å². The Kier molecular flexibility index (Phi) is 4.08. The number of hydrogen-bond donors (Lipinski definition) is 0. The SMILES string of the molecule is CS(=O)(=O)c1cccc(N2CC(CCl)C(Cl)C2=O)c1. The average molecular weight is 322 g/mol. The zero-order valence-corrected chi connectivity index (χ0v) is 12.5. The minimum absolute atomic E-state index is 0.127. The van der Waals surface area contributed by atoms with E-state index in [-0.39, 0.29) is 16.7 Å². The molecule has 1 amide bonds. The molecule has 1 aliphatic heterocycles. The molecule has 2 rings (SSSR count). The third kappa shape index (κ3) is 2.88. The van der Waals surface area contributed by atoms with Gasteiger partial charge in [-0.25, -0.2) is 8.42 Å². The maximum Gasteiger partial charge on any atom is 0.245 e. The quantitative estimate of drug-likeness (QED) is 0.799. The molecular formula is C12H13Cl2NO3S. The smallest absolute Gasteiger partial charge is 0.245 e. The molecule has 0 N–H and O–H groups in total. The van der Waals surface area contributed by atoms with Crippen LogP contribution in [0.25, 0.3) is 0 Å². The fraction of sp³-hybridized carbons (Fsp3) is 0.417. The van der Waals surface area contributed by atoms with Crippen LogP contribution in [0.4, 0.5) is 5.69 Å². The van der Waals surface area contributed by atoms with E-state index in [4.69, 9.17) is 23.2 Å². The highest BCUT2D eigenvalue weighted by atomic mass is 35.5. The second kappa shape index (κ2) is 5.31. The Hall–Kier alpha value is -0.780. The number of carbonyl (C=O) groups excluding carboxylic acids is 1. The predicted octanol–water partition coefficient (Wildman–Crippen LogP) is 1.90. The van der Waals surface area contributed by atoms with Crippen molar-refractivity contribution >= 4 is 44.6 Å². The van der Waals surface area contributed by atoms with Gasteiger partial charge < -0.3 is 4.90 Å². The number of nitrogens with zero attached hydrogens (tertiary/aromatic N) is 1. The Bertz CT molecular complexity index is 603. The average Bonchev–Trinajstić information content (AvgIpc) is 2.65. The molecule has 0 saturated carbocycles. The largest absolute Gasteiger partial charge is 0.311 e. The Morgan fingerprint density at radius 1 is 1.42 bits per heavy atom. The van der Waals surface area contributed by atoms with Crippen molar-refractivity contribution in [3.63, 3.8) is 0 Å². The lowest BCUT2D eigenvalue weighted by molar-refractivity contribution is -0.117. The van der Waals surface area contributed by atoms with Crippen LogP contribution in [-0.2, 0) is 14.6 Å². The Balaban J connectivity index is 2.36. The lowest BCUT2D eigenvalue weighted by atomic mass is 10.1. The van der Waals surface area contributed by atoms with Crippen molar-refractivity contribution in [3.05, 3.63) is 24.3 Å². The van der Waals surface area contributed by atoms with Gasteiger partial charge in [0.1, 0.15) is 5.38 Å². The molecule has 0 aromatic heterocycles. The van der Waals surface area contributed by atoms with Gasteiger partial charge in [-0.1, -0.05) is 6.07 Å². The molecule has 104 valence electrons. The first kappa shape index (κ1) is 14.6. The zero-order valence-electron chi connectivity index (χ0n) is 10.2. The molecule has 1 aliphatic rings. The predicted molar refractivity (Wildman–Crippen MR) is 75.8 cm³/mol. The summed E-state index contributed by atoms with van der Waals surface area (Å²) in [6, 6.07) is 6.27. The van der Waals surface area contributed by atoms with Gasteiger partial charge in [-0.15, -0.1) is 23.2 Å². The monoisotopic (exact) mass is 321 g/mol. The maximum atomic E-state index is 12.0. The molecule has 4 nitrogen and oxygen atoms in total. The van der Waals surface area contributed by atoms with Crippen molar-refractivity contribution in [1.29, 1.82) is 0 Å². The Morgan fingerprint density at radius 3 is 2.63 bits per heavy atom. The molecule has 7 heteroatoms. The van der Waals surface area contributed by atoms with E-state index >= 15 is 0 Å². The molecule has 1 saturated heterocycles. The summed E-state index contributed by atoms with van der Waals surface area (Å²) >= 11 is 11.8. The number of sulfone groups is 1. The van der Waals surface area contributed by atoms with Crippen LogP contribution in [0, 0.1) is 5.92 Å². The topological polar surface area (TPSA) is 54.5 Å². The second-order valence-corrected chi connectivity index (χ2v) is 7.33. The summed E-state index contributed by atoms with van der Waals surface area (Å²) in [7, 11) is -3.30. The molecule has 1 aromatic rings. The van der Waals surface area contributed by atoms with Crippen LogP contribution in [-0.4, -0.2) is 38.4 Å². The van der Waals surface area contributed by atoms with Gasteiger partial charge in [-0.3, -0.25) is 4.79 Å². The highest BCUT2D eigenvalue weighted by Crippen LogP contribution is 2.30. The van der Waals surface area contributed by atoms with Crippen molar-refractivity contribution in [2.24, 2.45) is 5.92 Å². The Labute approximate surface area is 122 Å². The lowest BCUT2D eigenvalue weighted by Gasteiger charge is -2.16. The van der Waals surface area contributed by atoms with E-state index in [0.29, 0.717) is 18.1 Å². The number of benzene rings is 1. The van der Waals surface area contributed by atoms with Crippen molar-refractivity contribution in [2.45, 2.75) is 10.3 Å². The fourth-order valence-corrected chi connectivity index (χ4v) is 3.32. The zero-order chi connectivity index (χ0) is 14.2. The summed E-state index contributed by atoms with van der Waals surface area (Å²) in [5.41, 5.74) is 0.534. The first-order valence-electron chi connectivity index (χ1n) is 5.66. The lowest BCUT2D eigenvalue weighted by Crippen LogP contribution is -2.27. The first-order chi connectivity index (χ1) is 8.84. The van der Waals surface area contributed by atoms with Crippen molar-refractivity contribution < 1.29 is 13.2 Å². The summed E-state index contributed by atoms with van der Waals surface area (Å²) < 4.78 is 23.0. The minimum Gasteiger partial charge on any atom is -0.311 e. The van der Waals surface area contributed by atoms with Crippen molar-refractivity contribution in [1.82, 2.24) is 0 Å². The number of hydrogen-bond acceptors (Lipinski definition) is 3. The van der Waals surface area contributed by atoms with Gasteiger partial charge in [-0.2, -0.15) is 0 Å². The number of amides is 1. The second-order valence-electron chi connectivity index (χ2n) is 4.53. The van der Waals surface area contributed by atoms with Crippen molar-refractivity contribution in [2.75, 3.05) is 23.6 Å². The minimum atomic E-state index is -3.30. The van der Waals surface area contributed by atoms with Crippen molar-refractivity contribution in [3.8, 4) is 0 Å². The van der Waals surface area contributed by atoms with E-state index in [0.717, 1.165) is 6.26 Å². The molecule has 0 spiro atoms. The summed E-state index contributed by atoms with van der Waals surface area (Å²) in [6.07, 6.45) is 1.13. The third-order valence-electron chi connectivity index (χ3n) is 3.09. The molecule has 2 unspecified atom stereocenters. The van der Waals surface area contributed by atoms with Gasteiger partial charge in [0.2, 0.25) is 5.91 Å². The van der Waals surface area contributed by atoms with Crippen LogP contribution in [0.2, 0.25) is 0 Å². The van der Waals surface area contributed by atoms with Crippen LogP contribution in [0.1, 0.15) is 0 Å². The highest BCUT2D eigenvalue weighted by molar-refractivity contribution is 7.90. The Morgan fingerprint density at radius 2 is 2.11 bits per heavy atom. The van der Waals surface area contributed by atoms with Crippen LogP contribution in [0.15, 0.2) is 29.2 Å². The van der Waals surface area contributed by atoms with Gasteiger partial charge in [-0.05, 0) is 18.2 Å². The third-order valence-corrected chi connectivity index (χ3v) is 5.14. The first-order valence-corrected chi connectivity index (χ1v) is 8.52. The number of carbonyl (C=O) groups is 1. The van der Waals surface area contributed by atoms with E-state index in [9.17, 15) is 13.2 Å². The molecular weight excluding hydrogens is 309 g/mol. The molecule has 1 fully saturated rings. The molecule has 0 bridgehead atoms. The van der Waals surface area contributed by atoms with E-state index < -0.39 is 15.2 Å². The summed E-state index contributed by atoms with van der Waals surface area (Å²) in [5.74, 6) is -0.0713. The molecule has 19 heavy (non-hydrogen) atoms. The van der Waals surface area contributed by atoms with Gasteiger partial charge in [0.25, 0.3) is 0 Å². The molecule has 0 aliphatic carbocycles. The van der Waals surface area contributed by atoms with Gasteiger partial charge in [0, 0.05) is 30.3 Å².